The Morgan fingerprint density at radius 1 is 1.15 bits per heavy atom. The minimum absolute atomic E-state index is 0.0499. The summed E-state index contributed by atoms with van der Waals surface area (Å²) in [5, 5.41) is 6.65. The maximum Gasteiger partial charge on any atom is 0.241 e. The van der Waals surface area contributed by atoms with Crippen molar-refractivity contribution >= 4 is 23.2 Å². The first-order chi connectivity index (χ1) is 13.0. The zero-order valence-electron chi connectivity index (χ0n) is 16.2. The molecule has 0 radical (unpaired) electrons. The van der Waals surface area contributed by atoms with Gasteiger partial charge in [0.05, 0.1) is 30.5 Å². The van der Waals surface area contributed by atoms with E-state index in [0.717, 1.165) is 17.7 Å². The molecule has 2 aromatic carbocycles. The lowest BCUT2D eigenvalue weighted by Crippen LogP contribution is -2.39. The number of amides is 1. The summed E-state index contributed by atoms with van der Waals surface area (Å²) in [7, 11) is 1.62. The van der Waals surface area contributed by atoms with Crippen molar-refractivity contribution in [2.45, 2.75) is 39.3 Å². The second-order valence-electron chi connectivity index (χ2n) is 6.34. The van der Waals surface area contributed by atoms with Crippen LogP contribution in [-0.2, 0) is 4.79 Å². The summed E-state index contributed by atoms with van der Waals surface area (Å²) in [5.41, 5.74) is 1.61. The molecule has 0 aromatic heterocycles. The van der Waals surface area contributed by atoms with Gasteiger partial charge in [-0.2, -0.15) is 0 Å². The number of hydrogen-bond donors (Lipinski definition) is 2. The number of methoxy groups -OCH3 is 1. The number of halogens is 1. The van der Waals surface area contributed by atoms with Crippen molar-refractivity contribution in [3.05, 3.63) is 53.1 Å². The molecule has 0 aliphatic heterocycles. The summed E-state index contributed by atoms with van der Waals surface area (Å²) < 4.78 is 11.1. The van der Waals surface area contributed by atoms with Gasteiger partial charge in [-0.1, -0.05) is 36.7 Å². The molecule has 2 unspecified atom stereocenters. The molecule has 2 N–H and O–H groups in total. The second kappa shape index (κ2) is 10.2. The Labute approximate surface area is 166 Å². The van der Waals surface area contributed by atoms with Gasteiger partial charge in [-0.15, -0.1) is 0 Å². The van der Waals surface area contributed by atoms with Crippen molar-refractivity contribution in [1.29, 1.82) is 0 Å². The topological polar surface area (TPSA) is 59.6 Å². The van der Waals surface area contributed by atoms with Crippen molar-refractivity contribution in [1.82, 2.24) is 5.32 Å². The molecule has 5 nitrogen and oxygen atoms in total. The van der Waals surface area contributed by atoms with E-state index in [1.807, 2.05) is 44.2 Å². The Morgan fingerprint density at radius 2 is 1.89 bits per heavy atom. The fraction of sp³-hybridized carbons (Fsp3) is 0.381. The van der Waals surface area contributed by atoms with E-state index in [2.05, 4.69) is 17.6 Å². The maximum absolute atomic E-state index is 12.4. The summed E-state index contributed by atoms with van der Waals surface area (Å²) in [5.74, 6) is 1.26. The predicted octanol–water partition coefficient (Wildman–Crippen LogP) is 4.82. The van der Waals surface area contributed by atoms with E-state index in [1.54, 1.807) is 19.2 Å². The zero-order chi connectivity index (χ0) is 19.8. The van der Waals surface area contributed by atoms with E-state index in [1.165, 1.54) is 0 Å². The van der Waals surface area contributed by atoms with Crippen LogP contribution in [0.25, 0.3) is 0 Å². The van der Waals surface area contributed by atoms with Crippen LogP contribution in [0.4, 0.5) is 5.69 Å². The van der Waals surface area contributed by atoms with Crippen molar-refractivity contribution in [3.63, 3.8) is 0 Å². The average Bonchev–Trinajstić information content (AvgIpc) is 2.67. The van der Waals surface area contributed by atoms with Gasteiger partial charge in [-0.05, 0) is 50.1 Å². The first-order valence-corrected chi connectivity index (χ1v) is 9.46. The van der Waals surface area contributed by atoms with Gasteiger partial charge in [-0.3, -0.25) is 10.1 Å². The molecule has 0 bridgehead atoms. The van der Waals surface area contributed by atoms with Crippen molar-refractivity contribution < 1.29 is 14.3 Å². The van der Waals surface area contributed by atoms with Crippen molar-refractivity contribution in [3.8, 4) is 11.5 Å². The number of benzene rings is 2. The number of hydrogen-bond acceptors (Lipinski definition) is 4. The third-order valence-corrected chi connectivity index (χ3v) is 4.50. The van der Waals surface area contributed by atoms with Crippen LogP contribution in [0.2, 0.25) is 5.02 Å². The molecular formula is C21H27ClN2O3. The first-order valence-electron chi connectivity index (χ1n) is 9.08. The molecule has 0 aliphatic carbocycles. The van der Waals surface area contributed by atoms with E-state index in [-0.39, 0.29) is 11.9 Å². The number of carbonyl (C=O) groups is 1. The Kier molecular flexibility index (Phi) is 7.95. The van der Waals surface area contributed by atoms with E-state index >= 15 is 0 Å². The highest BCUT2D eigenvalue weighted by molar-refractivity contribution is 6.33. The highest BCUT2D eigenvalue weighted by atomic mass is 35.5. The highest BCUT2D eigenvalue weighted by Gasteiger charge is 2.18. The van der Waals surface area contributed by atoms with E-state index in [4.69, 9.17) is 21.1 Å². The molecule has 146 valence electrons. The molecule has 0 fully saturated rings. The largest absolute Gasteiger partial charge is 0.493 e. The molecular weight excluding hydrogens is 364 g/mol. The lowest BCUT2D eigenvalue weighted by atomic mass is 10.1. The van der Waals surface area contributed by atoms with Crippen molar-refractivity contribution in [2.24, 2.45) is 0 Å². The van der Waals surface area contributed by atoms with Gasteiger partial charge in [0.2, 0.25) is 5.91 Å². The minimum atomic E-state index is -0.404. The molecule has 6 heteroatoms. The van der Waals surface area contributed by atoms with Crippen molar-refractivity contribution in [2.75, 3.05) is 19.0 Å². The zero-order valence-corrected chi connectivity index (χ0v) is 17.0. The minimum Gasteiger partial charge on any atom is -0.493 e. The van der Waals surface area contributed by atoms with Gasteiger partial charge in [0.15, 0.2) is 11.5 Å². The first kappa shape index (κ1) is 21.1. The molecule has 27 heavy (non-hydrogen) atoms. The molecule has 2 rings (SSSR count). The van der Waals surface area contributed by atoms with Gasteiger partial charge < -0.3 is 14.8 Å². The SMILES string of the molecule is CCCOc1ccc(C(C)NC(C)C(=O)Nc2ccccc2Cl)cc1OC. The fourth-order valence-electron chi connectivity index (χ4n) is 2.64. The number of anilines is 1. The van der Waals surface area contributed by atoms with Gasteiger partial charge in [0, 0.05) is 6.04 Å². The third-order valence-electron chi connectivity index (χ3n) is 4.17. The van der Waals surface area contributed by atoms with Gasteiger partial charge >= 0.3 is 0 Å². The molecule has 1 amide bonds. The quantitative estimate of drug-likeness (QED) is 0.644. The highest BCUT2D eigenvalue weighted by Crippen LogP contribution is 2.30. The normalized spacial score (nSPS) is 12.9. The van der Waals surface area contributed by atoms with E-state index in [0.29, 0.717) is 23.1 Å². The van der Waals surface area contributed by atoms with Crippen LogP contribution in [0.5, 0.6) is 11.5 Å². The lowest BCUT2D eigenvalue weighted by molar-refractivity contribution is -0.117. The summed E-state index contributed by atoms with van der Waals surface area (Å²) in [6.45, 7) is 6.52. The monoisotopic (exact) mass is 390 g/mol. The smallest absolute Gasteiger partial charge is 0.241 e. The molecule has 2 aromatic rings. The third kappa shape index (κ3) is 5.88. The van der Waals surface area contributed by atoms with Crippen LogP contribution in [0.1, 0.15) is 38.8 Å². The molecule has 0 aliphatic rings. The molecule has 2 atom stereocenters. The molecule has 0 spiro atoms. The summed E-state index contributed by atoms with van der Waals surface area (Å²) in [6, 6.07) is 12.5. The number of nitrogens with one attached hydrogen (secondary N) is 2. The van der Waals surface area contributed by atoms with Gasteiger partial charge in [0.25, 0.3) is 0 Å². The van der Waals surface area contributed by atoms with Gasteiger partial charge in [0.1, 0.15) is 0 Å². The van der Waals surface area contributed by atoms with Crippen LogP contribution in [0.3, 0.4) is 0 Å². The summed E-state index contributed by atoms with van der Waals surface area (Å²) >= 11 is 6.10. The van der Waals surface area contributed by atoms with Crippen LogP contribution < -0.4 is 20.1 Å². The fourth-order valence-corrected chi connectivity index (χ4v) is 2.82. The summed E-state index contributed by atoms with van der Waals surface area (Å²) in [6.07, 6.45) is 0.931. The Hall–Kier alpha value is -2.24. The summed E-state index contributed by atoms with van der Waals surface area (Å²) in [4.78, 5) is 12.4. The van der Waals surface area contributed by atoms with Crippen LogP contribution in [0, 0.1) is 0 Å². The average molecular weight is 391 g/mol. The molecule has 0 heterocycles. The number of rotatable bonds is 9. The lowest BCUT2D eigenvalue weighted by Gasteiger charge is -2.21. The number of ether oxygens (including phenoxy) is 2. The number of carbonyl (C=O) groups excluding carboxylic acids is 1. The predicted molar refractivity (Wildman–Crippen MR) is 110 cm³/mol. The Morgan fingerprint density at radius 3 is 2.56 bits per heavy atom. The van der Waals surface area contributed by atoms with E-state index in [9.17, 15) is 4.79 Å². The second-order valence-corrected chi connectivity index (χ2v) is 6.75. The Balaban J connectivity index is 2.01. The molecule has 0 saturated carbocycles. The maximum atomic E-state index is 12.4. The number of para-hydroxylation sites is 1. The van der Waals surface area contributed by atoms with Gasteiger partial charge in [-0.25, -0.2) is 0 Å². The molecule has 0 saturated heterocycles. The van der Waals surface area contributed by atoms with Crippen LogP contribution in [-0.4, -0.2) is 25.7 Å². The standard InChI is InChI=1S/C21H27ClN2O3/c1-5-12-27-19-11-10-16(13-20(19)26-4)14(2)23-15(3)21(25)24-18-9-7-6-8-17(18)22/h6-11,13-15,23H,5,12H2,1-4H3,(H,24,25). The van der Waals surface area contributed by atoms with E-state index < -0.39 is 6.04 Å². The van der Waals surface area contributed by atoms with Crippen LogP contribution >= 0.6 is 11.6 Å². The van der Waals surface area contributed by atoms with Crippen LogP contribution in [0.15, 0.2) is 42.5 Å². The Bertz CT molecular complexity index is 767.